The summed E-state index contributed by atoms with van der Waals surface area (Å²) in [7, 11) is -1.62. The highest BCUT2D eigenvalue weighted by Gasteiger charge is 2.14. The molecule has 2 aromatic carbocycles. The largest absolute Gasteiger partial charge is 0.497 e. The number of benzene rings is 2. The van der Waals surface area contributed by atoms with E-state index in [1.165, 1.54) is 6.26 Å². The minimum Gasteiger partial charge on any atom is -0.497 e. The molecule has 1 N–H and O–H groups in total. The van der Waals surface area contributed by atoms with Gasteiger partial charge in [0.2, 0.25) is 5.91 Å². The molecular formula is C19H23NO4S. The van der Waals surface area contributed by atoms with Crippen LogP contribution >= 0.6 is 0 Å². The number of methoxy groups -OCH3 is 1. The zero-order valence-electron chi connectivity index (χ0n) is 14.7. The Morgan fingerprint density at radius 2 is 1.68 bits per heavy atom. The third-order valence-electron chi connectivity index (χ3n) is 3.98. The van der Waals surface area contributed by atoms with Crippen LogP contribution in [-0.4, -0.2) is 27.7 Å². The highest BCUT2D eigenvalue weighted by Crippen LogP contribution is 2.19. The lowest BCUT2D eigenvalue weighted by molar-refractivity contribution is -0.121. The van der Waals surface area contributed by atoms with Gasteiger partial charge in [0.15, 0.2) is 9.84 Å². The zero-order chi connectivity index (χ0) is 18.4. The second-order valence-electron chi connectivity index (χ2n) is 5.89. The number of sulfone groups is 1. The fourth-order valence-electron chi connectivity index (χ4n) is 2.54. The van der Waals surface area contributed by atoms with Crippen molar-refractivity contribution in [3.63, 3.8) is 0 Å². The molecule has 2 rings (SSSR count). The number of hydrogen-bond acceptors (Lipinski definition) is 4. The Morgan fingerprint density at radius 3 is 2.16 bits per heavy atom. The van der Waals surface area contributed by atoms with Crippen LogP contribution in [0.4, 0.5) is 0 Å². The molecule has 134 valence electrons. The summed E-state index contributed by atoms with van der Waals surface area (Å²) in [5.41, 5.74) is 1.79. The Hall–Kier alpha value is -2.34. The minimum absolute atomic E-state index is 0.0794. The van der Waals surface area contributed by atoms with Gasteiger partial charge in [-0.15, -0.1) is 0 Å². The maximum atomic E-state index is 12.3. The van der Waals surface area contributed by atoms with Crippen molar-refractivity contribution in [1.29, 1.82) is 0 Å². The van der Waals surface area contributed by atoms with Crippen molar-refractivity contribution in [3.05, 3.63) is 59.7 Å². The van der Waals surface area contributed by atoms with Crippen molar-refractivity contribution in [2.24, 2.45) is 0 Å². The lowest BCUT2D eigenvalue weighted by atomic mass is 10.0. The van der Waals surface area contributed by atoms with Gasteiger partial charge >= 0.3 is 0 Å². The van der Waals surface area contributed by atoms with Gasteiger partial charge in [-0.3, -0.25) is 4.79 Å². The van der Waals surface area contributed by atoms with Crippen LogP contribution in [0.3, 0.4) is 0 Å². The third-order valence-corrected chi connectivity index (χ3v) is 5.11. The predicted molar refractivity (Wildman–Crippen MR) is 97.4 cm³/mol. The molecular weight excluding hydrogens is 338 g/mol. The van der Waals surface area contributed by atoms with Crippen molar-refractivity contribution < 1.29 is 17.9 Å². The Kier molecular flexibility index (Phi) is 6.20. The summed E-state index contributed by atoms with van der Waals surface area (Å²) in [6, 6.07) is 13.9. The summed E-state index contributed by atoms with van der Waals surface area (Å²) in [5, 5.41) is 3.00. The first-order valence-corrected chi connectivity index (χ1v) is 9.95. The molecule has 2 aromatic rings. The topological polar surface area (TPSA) is 72.5 Å². The Balaban J connectivity index is 2.03. The molecule has 0 radical (unpaired) electrons. The fraction of sp³-hybridized carbons (Fsp3) is 0.316. The minimum atomic E-state index is -3.22. The van der Waals surface area contributed by atoms with Crippen LogP contribution in [0.15, 0.2) is 53.4 Å². The number of carbonyl (C=O) groups is 1. The van der Waals surface area contributed by atoms with E-state index in [-0.39, 0.29) is 23.3 Å². The van der Waals surface area contributed by atoms with E-state index in [0.29, 0.717) is 6.42 Å². The van der Waals surface area contributed by atoms with Crippen molar-refractivity contribution >= 4 is 15.7 Å². The quantitative estimate of drug-likeness (QED) is 0.823. The normalized spacial score (nSPS) is 12.4. The molecule has 1 amide bonds. The van der Waals surface area contributed by atoms with Crippen molar-refractivity contribution in [2.45, 2.75) is 30.7 Å². The molecule has 0 spiro atoms. The first-order chi connectivity index (χ1) is 11.8. The van der Waals surface area contributed by atoms with E-state index in [2.05, 4.69) is 5.32 Å². The van der Waals surface area contributed by atoms with Crippen molar-refractivity contribution in [1.82, 2.24) is 5.32 Å². The van der Waals surface area contributed by atoms with E-state index >= 15 is 0 Å². The molecule has 5 nitrogen and oxygen atoms in total. The first kappa shape index (κ1) is 19.0. The lowest BCUT2D eigenvalue weighted by Crippen LogP contribution is -2.29. The van der Waals surface area contributed by atoms with E-state index in [9.17, 15) is 13.2 Å². The van der Waals surface area contributed by atoms with Gasteiger partial charge in [-0.25, -0.2) is 8.42 Å². The maximum absolute atomic E-state index is 12.3. The van der Waals surface area contributed by atoms with E-state index in [0.717, 1.165) is 16.9 Å². The van der Waals surface area contributed by atoms with Crippen LogP contribution in [-0.2, 0) is 21.1 Å². The SMILES string of the molecule is CC[C@H](NC(=O)Cc1ccc(OC)cc1)c1ccc(S(C)(=O)=O)cc1. The third kappa shape index (κ3) is 5.32. The van der Waals surface area contributed by atoms with Crippen LogP contribution < -0.4 is 10.1 Å². The highest BCUT2D eigenvalue weighted by atomic mass is 32.2. The lowest BCUT2D eigenvalue weighted by Gasteiger charge is -2.18. The van der Waals surface area contributed by atoms with Crippen LogP contribution in [0, 0.1) is 0 Å². The van der Waals surface area contributed by atoms with Crippen LogP contribution in [0.2, 0.25) is 0 Å². The summed E-state index contributed by atoms with van der Waals surface area (Å²) < 4.78 is 28.2. The van der Waals surface area contributed by atoms with Crippen molar-refractivity contribution in [3.8, 4) is 5.75 Å². The summed E-state index contributed by atoms with van der Waals surface area (Å²) in [6.45, 7) is 1.98. The second-order valence-corrected chi connectivity index (χ2v) is 7.91. The molecule has 0 saturated heterocycles. The van der Waals surface area contributed by atoms with E-state index in [4.69, 9.17) is 4.74 Å². The molecule has 25 heavy (non-hydrogen) atoms. The van der Waals surface area contributed by atoms with E-state index in [1.54, 1.807) is 31.4 Å². The average Bonchev–Trinajstić information content (AvgIpc) is 2.59. The number of hydrogen-bond donors (Lipinski definition) is 1. The van der Waals surface area contributed by atoms with Crippen LogP contribution in [0.25, 0.3) is 0 Å². The highest BCUT2D eigenvalue weighted by molar-refractivity contribution is 7.90. The van der Waals surface area contributed by atoms with E-state index < -0.39 is 9.84 Å². The molecule has 6 heteroatoms. The summed E-state index contributed by atoms with van der Waals surface area (Å²) in [6.07, 6.45) is 2.17. The molecule has 0 unspecified atom stereocenters. The number of rotatable bonds is 7. The molecule has 0 aliphatic heterocycles. The zero-order valence-corrected chi connectivity index (χ0v) is 15.5. The monoisotopic (exact) mass is 361 g/mol. The molecule has 0 aliphatic carbocycles. The number of amides is 1. The van der Waals surface area contributed by atoms with Crippen LogP contribution in [0.5, 0.6) is 5.75 Å². The van der Waals surface area contributed by atoms with Gasteiger partial charge in [-0.05, 0) is 41.8 Å². The molecule has 0 saturated carbocycles. The molecule has 0 bridgehead atoms. The summed E-state index contributed by atoms with van der Waals surface area (Å²) in [5.74, 6) is 0.672. The van der Waals surface area contributed by atoms with Crippen molar-refractivity contribution in [2.75, 3.05) is 13.4 Å². The van der Waals surface area contributed by atoms with Gasteiger partial charge < -0.3 is 10.1 Å². The standard InChI is InChI=1S/C19H23NO4S/c1-4-18(15-7-11-17(12-8-15)25(3,22)23)20-19(21)13-14-5-9-16(24-2)10-6-14/h5-12,18H,4,13H2,1-3H3,(H,20,21)/t18-/m0/s1. The second kappa shape index (κ2) is 8.16. The van der Waals surface area contributed by atoms with Crippen LogP contribution in [0.1, 0.15) is 30.5 Å². The summed E-state index contributed by atoms with van der Waals surface area (Å²) in [4.78, 5) is 12.6. The van der Waals surface area contributed by atoms with Gasteiger partial charge in [-0.2, -0.15) is 0 Å². The Bertz CT molecular complexity index is 812. The van der Waals surface area contributed by atoms with Gasteiger partial charge in [-0.1, -0.05) is 31.2 Å². The average molecular weight is 361 g/mol. The van der Waals surface area contributed by atoms with E-state index in [1.807, 2.05) is 31.2 Å². The Morgan fingerprint density at radius 1 is 1.08 bits per heavy atom. The molecule has 0 aliphatic rings. The molecule has 0 fully saturated rings. The molecule has 1 atom stereocenters. The fourth-order valence-corrected chi connectivity index (χ4v) is 3.17. The van der Waals surface area contributed by atoms with Gasteiger partial charge in [0.05, 0.1) is 24.5 Å². The predicted octanol–water partition coefficient (Wildman–Crippen LogP) is 2.91. The number of nitrogens with one attached hydrogen (secondary N) is 1. The van der Waals surface area contributed by atoms with Gasteiger partial charge in [0.25, 0.3) is 0 Å². The number of ether oxygens (including phenoxy) is 1. The van der Waals surface area contributed by atoms with Gasteiger partial charge in [0.1, 0.15) is 5.75 Å². The first-order valence-electron chi connectivity index (χ1n) is 8.05. The molecule has 0 heterocycles. The molecule has 0 aromatic heterocycles. The van der Waals surface area contributed by atoms with Gasteiger partial charge in [0, 0.05) is 6.26 Å². The maximum Gasteiger partial charge on any atom is 0.224 e. The summed E-state index contributed by atoms with van der Waals surface area (Å²) >= 11 is 0. The number of carbonyl (C=O) groups excluding carboxylic acids is 1. The smallest absolute Gasteiger partial charge is 0.224 e. The Labute approximate surface area is 148 Å².